The number of anilines is 2. The van der Waals surface area contributed by atoms with Crippen molar-refractivity contribution in [2.24, 2.45) is 0 Å². The molecule has 11 heteroatoms. The summed E-state index contributed by atoms with van der Waals surface area (Å²) >= 11 is 12.1. The van der Waals surface area contributed by atoms with E-state index < -0.39 is 18.2 Å². The van der Waals surface area contributed by atoms with Crippen molar-refractivity contribution in [3.63, 3.8) is 0 Å². The molecule has 3 heterocycles. The molecule has 1 amide bonds. The molecule has 0 unspecified atom stereocenters. The van der Waals surface area contributed by atoms with Crippen molar-refractivity contribution < 1.29 is 14.6 Å². The van der Waals surface area contributed by atoms with Crippen molar-refractivity contribution >= 4 is 41.1 Å². The first-order valence-electron chi connectivity index (χ1n) is 9.57. The van der Waals surface area contributed by atoms with E-state index in [4.69, 9.17) is 27.9 Å². The van der Waals surface area contributed by atoms with Gasteiger partial charge < -0.3 is 15.2 Å². The lowest BCUT2D eigenvalue weighted by atomic mass is 10.2. The molecule has 9 nitrogen and oxygen atoms in total. The number of rotatable bonds is 6. The van der Waals surface area contributed by atoms with Crippen LogP contribution in [0.4, 0.5) is 16.6 Å². The van der Waals surface area contributed by atoms with Crippen molar-refractivity contribution in [3.05, 3.63) is 58.5 Å². The lowest BCUT2D eigenvalue weighted by Crippen LogP contribution is -2.41. The van der Waals surface area contributed by atoms with E-state index in [9.17, 15) is 9.90 Å². The van der Waals surface area contributed by atoms with Gasteiger partial charge >= 0.3 is 6.09 Å². The minimum absolute atomic E-state index is 0.0706. The summed E-state index contributed by atoms with van der Waals surface area (Å²) in [6.45, 7) is 3.58. The maximum Gasteiger partial charge on any atom is 0.416 e. The van der Waals surface area contributed by atoms with Gasteiger partial charge in [0.15, 0.2) is 0 Å². The Hall–Kier alpha value is -2.88. The van der Waals surface area contributed by atoms with Gasteiger partial charge in [0.05, 0.1) is 24.0 Å². The average Bonchev–Trinajstić information content (AvgIpc) is 3.35. The summed E-state index contributed by atoms with van der Waals surface area (Å²) in [5, 5.41) is 18.3. The van der Waals surface area contributed by atoms with Gasteiger partial charge in [-0.2, -0.15) is 10.1 Å². The number of carbonyl (C=O) groups excluding carboxylic acids is 1. The molecule has 2 aromatic heterocycles. The van der Waals surface area contributed by atoms with Crippen LogP contribution in [0.25, 0.3) is 5.69 Å². The van der Waals surface area contributed by atoms with E-state index in [1.807, 2.05) is 25.3 Å². The highest BCUT2D eigenvalue weighted by Crippen LogP contribution is 2.27. The monoisotopic (exact) mass is 462 g/mol. The third-order valence-electron chi connectivity index (χ3n) is 4.93. The summed E-state index contributed by atoms with van der Waals surface area (Å²) in [5.41, 5.74) is 1.77. The predicted molar refractivity (Wildman–Crippen MR) is 117 cm³/mol. The molecule has 1 saturated heterocycles. The molecule has 162 valence electrons. The molecule has 1 aliphatic rings. The van der Waals surface area contributed by atoms with Crippen LogP contribution in [0, 0.1) is 0 Å². The van der Waals surface area contributed by atoms with Gasteiger partial charge in [0.25, 0.3) is 0 Å². The van der Waals surface area contributed by atoms with Crippen molar-refractivity contribution in [1.29, 1.82) is 0 Å². The molecule has 0 aliphatic carbocycles. The highest BCUT2D eigenvalue weighted by molar-refractivity contribution is 6.30. The number of halogens is 2. The topological polar surface area (TPSA) is 105 Å². The van der Waals surface area contributed by atoms with E-state index in [0.717, 1.165) is 11.3 Å². The minimum Gasteiger partial charge on any atom is -0.447 e. The molecular weight excluding hydrogens is 443 g/mol. The number of amides is 1. The van der Waals surface area contributed by atoms with Crippen LogP contribution in [0.5, 0.6) is 0 Å². The van der Waals surface area contributed by atoms with E-state index in [1.165, 1.54) is 11.0 Å². The number of hydrogen-bond acceptors (Lipinski definition) is 7. The number of benzene rings is 1. The SMILES string of the molecule is C[C@H](Nc1nc(Cl)cc(N2C(=O)OC[C@@H]2[C@@H](C)O)n1)c1cnn(-c2ccc(Cl)cc2)c1. The van der Waals surface area contributed by atoms with Crippen molar-refractivity contribution in [2.75, 3.05) is 16.8 Å². The molecule has 1 aliphatic heterocycles. The minimum atomic E-state index is -0.797. The summed E-state index contributed by atoms with van der Waals surface area (Å²) in [4.78, 5) is 22.1. The van der Waals surface area contributed by atoms with E-state index in [2.05, 4.69) is 20.4 Å². The van der Waals surface area contributed by atoms with Crippen LogP contribution in [0.2, 0.25) is 10.2 Å². The van der Waals surface area contributed by atoms with Gasteiger partial charge in [-0.15, -0.1) is 0 Å². The first kappa shape index (κ1) is 21.4. The third-order valence-corrected chi connectivity index (χ3v) is 5.38. The number of aromatic nitrogens is 4. The highest BCUT2D eigenvalue weighted by Gasteiger charge is 2.38. The molecule has 0 radical (unpaired) electrons. The summed E-state index contributed by atoms with van der Waals surface area (Å²) in [7, 11) is 0. The number of aliphatic hydroxyl groups excluding tert-OH is 1. The quantitative estimate of drug-likeness (QED) is 0.535. The van der Waals surface area contributed by atoms with Gasteiger partial charge in [-0.1, -0.05) is 23.2 Å². The van der Waals surface area contributed by atoms with Gasteiger partial charge in [-0.3, -0.25) is 4.90 Å². The summed E-state index contributed by atoms with van der Waals surface area (Å²) < 4.78 is 6.80. The highest BCUT2D eigenvalue weighted by atomic mass is 35.5. The Balaban J connectivity index is 1.54. The second-order valence-corrected chi connectivity index (χ2v) is 8.01. The fourth-order valence-electron chi connectivity index (χ4n) is 3.22. The van der Waals surface area contributed by atoms with E-state index >= 15 is 0 Å². The zero-order valence-corrected chi connectivity index (χ0v) is 18.2. The number of hydrogen-bond donors (Lipinski definition) is 2. The Bertz CT molecular complexity index is 1090. The number of nitrogens with one attached hydrogen (secondary N) is 1. The van der Waals surface area contributed by atoms with Gasteiger partial charge in [0.2, 0.25) is 5.95 Å². The largest absolute Gasteiger partial charge is 0.447 e. The second-order valence-electron chi connectivity index (χ2n) is 7.19. The molecule has 4 rings (SSSR count). The van der Waals surface area contributed by atoms with Crippen LogP contribution in [0.15, 0.2) is 42.7 Å². The van der Waals surface area contributed by atoms with Crippen LogP contribution in [0.3, 0.4) is 0 Å². The Kier molecular flexibility index (Phi) is 5.99. The third kappa shape index (κ3) is 4.58. The first-order valence-corrected chi connectivity index (χ1v) is 10.3. The van der Waals surface area contributed by atoms with Crippen LogP contribution >= 0.6 is 23.2 Å². The molecule has 1 aromatic carbocycles. The summed E-state index contributed by atoms with van der Waals surface area (Å²) in [6, 6.07) is 8.04. The number of cyclic esters (lactones) is 1. The van der Waals surface area contributed by atoms with Crippen LogP contribution in [-0.2, 0) is 4.74 Å². The molecule has 3 atom stereocenters. The molecule has 0 saturated carbocycles. The first-order chi connectivity index (χ1) is 14.8. The standard InChI is InChI=1S/C20H20Cl2N6O3/c1-11(13-8-23-27(9-13)15-5-3-14(21)4-6-15)24-19-25-17(22)7-18(26-19)28-16(12(2)29)10-31-20(28)30/h3-9,11-12,16,29H,10H2,1-2H3,(H,24,25,26)/t11-,12+,16+/m0/s1. The summed E-state index contributed by atoms with van der Waals surface area (Å²) in [5.74, 6) is 0.484. The Labute approximate surface area is 188 Å². The number of aliphatic hydroxyl groups is 1. The number of ether oxygens (including phenoxy) is 1. The second kappa shape index (κ2) is 8.70. The maximum absolute atomic E-state index is 12.2. The van der Waals surface area contributed by atoms with Gasteiger partial charge in [-0.05, 0) is 38.1 Å². The van der Waals surface area contributed by atoms with Crippen LogP contribution < -0.4 is 10.2 Å². The van der Waals surface area contributed by atoms with E-state index in [-0.39, 0.29) is 29.6 Å². The normalized spacial score (nSPS) is 18.0. The summed E-state index contributed by atoms with van der Waals surface area (Å²) in [6.07, 6.45) is 2.23. The maximum atomic E-state index is 12.2. The van der Waals surface area contributed by atoms with Crippen molar-refractivity contribution in [1.82, 2.24) is 19.7 Å². The lowest BCUT2D eigenvalue weighted by Gasteiger charge is -2.23. The molecule has 2 N–H and O–H groups in total. The van der Waals surface area contributed by atoms with Gasteiger partial charge in [-0.25, -0.2) is 14.5 Å². The van der Waals surface area contributed by atoms with Gasteiger partial charge in [0.1, 0.15) is 23.6 Å². The smallest absolute Gasteiger partial charge is 0.416 e. The Morgan fingerprint density at radius 2 is 1.97 bits per heavy atom. The zero-order chi connectivity index (χ0) is 22.1. The zero-order valence-electron chi connectivity index (χ0n) is 16.7. The molecule has 0 bridgehead atoms. The van der Waals surface area contributed by atoms with E-state index in [1.54, 1.807) is 29.9 Å². The Morgan fingerprint density at radius 3 is 2.68 bits per heavy atom. The molecular formula is C20H20Cl2N6O3. The predicted octanol–water partition coefficient (Wildman–Crippen LogP) is 3.85. The van der Waals surface area contributed by atoms with E-state index in [0.29, 0.717) is 5.02 Å². The number of carbonyl (C=O) groups is 1. The number of nitrogens with zero attached hydrogens (tertiary/aromatic N) is 5. The fourth-order valence-corrected chi connectivity index (χ4v) is 3.52. The van der Waals surface area contributed by atoms with Crippen LogP contribution in [0.1, 0.15) is 25.5 Å². The van der Waals surface area contributed by atoms with Crippen molar-refractivity contribution in [3.8, 4) is 5.69 Å². The van der Waals surface area contributed by atoms with Gasteiger partial charge in [0, 0.05) is 22.8 Å². The Morgan fingerprint density at radius 1 is 1.23 bits per heavy atom. The molecule has 0 spiro atoms. The lowest BCUT2D eigenvalue weighted by molar-refractivity contribution is 0.142. The average molecular weight is 463 g/mol. The van der Waals surface area contributed by atoms with Crippen LogP contribution in [-0.4, -0.2) is 49.7 Å². The molecule has 3 aromatic rings. The van der Waals surface area contributed by atoms with Crippen molar-refractivity contribution in [2.45, 2.75) is 32.0 Å². The molecule has 31 heavy (non-hydrogen) atoms. The molecule has 1 fully saturated rings. The fraction of sp³-hybridized carbons (Fsp3) is 0.300.